The molecular weight excluding hydrogens is 384 g/mol. The molecule has 3 aromatic carbocycles. The maximum Gasteiger partial charge on any atom is 0.219 e. The highest BCUT2D eigenvalue weighted by molar-refractivity contribution is 8.14. The highest BCUT2D eigenvalue weighted by Gasteiger charge is 2.08. The van der Waals surface area contributed by atoms with Crippen LogP contribution in [0.15, 0.2) is 94.8 Å². The van der Waals surface area contributed by atoms with Crippen molar-refractivity contribution in [3.63, 3.8) is 0 Å². The van der Waals surface area contributed by atoms with Crippen molar-refractivity contribution in [1.82, 2.24) is 0 Å². The predicted molar refractivity (Wildman–Crippen MR) is 121 cm³/mol. The Labute approximate surface area is 173 Å². The van der Waals surface area contributed by atoms with E-state index in [0.717, 1.165) is 31.7 Å². The van der Waals surface area contributed by atoms with Crippen LogP contribution in [-0.4, -0.2) is 10.2 Å². The second-order valence-electron chi connectivity index (χ2n) is 6.59. The lowest BCUT2D eigenvalue weighted by Gasteiger charge is -2.07. The molecule has 0 fully saturated rings. The molecule has 0 unspecified atom stereocenters. The lowest BCUT2D eigenvalue weighted by Crippen LogP contribution is -1.91. The lowest BCUT2D eigenvalue weighted by atomic mass is 10.0. The van der Waals surface area contributed by atoms with E-state index in [1.165, 1.54) is 23.5 Å². The zero-order valence-corrected chi connectivity index (χ0v) is 17.5. The molecule has 0 saturated heterocycles. The van der Waals surface area contributed by atoms with Crippen molar-refractivity contribution >= 4 is 44.5 Å². The number of rotatable bonds is 5. The number of hydrogen-bond donors (Lipinski definition) is 0. The summed E-state index contributed by atoms with van der Waals surface area (Å²) in [6.07, 6.45) is 0. The van der Waals surface area contributed by atoms with Crippen molar-refractivity contribution in [3.8, 4) is 11.1 Å². The molecular formula is C24H20O2S2. The summed E-state index contributed by atoms with van der Waals surface area (Å²) in [5.41, 5.74) is 3.29. The summed E-state index contributed by atoms with van der Waals surface area (Å²) >= 11 is 2.39. The van der Waals surface area contributed by atoms with Crippen molar-refractivity contribution in [2.75, 3.05) is 0 Å². The van der Waals surface area contributed by atoms with E-state index in [0.29, 0.717) is 11.1 Å². The van der Waals surface area contributed by atoms with Gasteiger partial charge in [0.25, 0.3) is 0 Å². The first kappa shape index (κ1) is 20.2. The van der Waals surface area contributed by atoms with Gasteiger partial charge >= 0.3 is 0 Å². The molecule has 0 N–H and O–H groups in total. The summed E-state index contributed by atoms with van der Waals surface area (Å²) in [4.78, 5) is 25.5. The van der Waals surface area contributed by atoms with Gasteiger partial charge < -0.3 is 0 Å². The Kier molecular flexibility index (Phi) is 6.22. The van der Waals surface area contributed by atoms with Crippen LogP contribution in [0.25, 0.3) is 21.9 Å². The van der Waals surface area contributed by atoms with Gasteiger partial charge in [0.2, 0.25) is 10.2 Å². The Balaban J connectivity index is 1.82. The fraction of sp³-hybridized carbons (Fsp3) is 0.0833. The van der Waals surface area contributed by atoms with Crippen LogP contribution in [0.5, 0.6) is 0 Å². The van der Waals surface area contributed by atoms with Crippen LogP contribution < -0.4 is 0 Å². The number of benzene rings is 3. The average molecular weight is 405 g/mol. The van der Waals surface area contributed by atoms with Gasteiger partial charge in [0, 0.05) is 9.79 Å². The maximum atomic E-state index is 11.9. The van der Waals surface area contributed by atoms with Gasteiger partial charge in [-0.1, -0.05) is 43.5 Å². The van der Waals surface area contributed by atoms with Gasteiger partial charge in [-0.2, -0.15) is 0 Å². The lowest BCUT2D eigenvalue weighted by molar-refractivity contribution is -0.108. The van der Waals surface area contributed by atoms with Gasteiger partial charge in [-0.15, -0.1) is 0 Å². The van der Waals surface area contributed by atoms with Gasteiger partial charge in [0.15, 0.2) is 0 Å². The predicted octanol–water partition coefficient (Wildman–Crippen LogP) is 6.90. The van der Waals surface area contributed by atoms with E-state index in [-0.39, 0.29) is 10.2 Å². The third-order valence-electron chi connectivity index (χ3n) is 4.12. The van der Waals surface area contributed by atoms with Crippen LogP contribution >= 0.6 is 23.5 Å². The maximum absolute atomic E-state index is 11.9. The molecule has 28 heavy (non-hydrogen) atoms. The van der Waals surface area contributed by atoms with Gasteiger partial charge in [-0.05, 0) is 101 Å². The molecule has 4 heteroatoms. The fourth-order valence-electron chi connectivity index (χ4n) is 2.57. The van der Waals surface area contributed by atoms with Crippen LogP contribution in [0, 0.1) is 0 Å². The highest BCUT2D eigenvalue weighted by Crippen LogP contribution is 2.30. The average Bonchev–Trinajstić information content (AvgIpc) is 2.68. The molecule has 0 heterocycles. The monoisotopic (exact) mass is 404 g/mol. The van der Waals surface area contributed by atoms with Gasteiger partial charge in [0.1, 0.15) is 0 Å². The Hall–Kier alpha value is -2.56. The van der Waals surface area contributed by atoms with E-state index in [1.54, 1.807) is 13.8 Å². The zero-order chi connectivity index (χ0) is 20.3. The molecule has 0 bridgehead atoms. The Morgan fingerprint density at radius 1 is 0.643 bits per heavy atom. The number of carbonyl (C=O) groups excluding carboxylic acids is 2. The molecule has 140 valence electrons. The fourth-order valence-corrected chi connectivity index (χ4v) is 3.94. The van der Waals surface area contributed by atoms with Crippen LogP contribution in [-0.2, 0) is 9.59 Å². The minimum Gasteiger partial charge on any atom is -0.282 e. The second kappa shape index (κ2) is 8.63. The van der Waals surface area contributed by atoms with E-state index < -0.39 is 0 Å². The molecule has 0 amide bonds. The zero-order valence-electron chi connectivity index (χ0n) is 15.8. The van der Waals surface area contributed by atoms with Crippen LogP contribution in [0.1, 0.15) is 13.8 Å². The molecule has 2 nitrogen and oxygen atoms in total. The van der Waals surface area contributed by atoms with Crippen LogP contribution in [0.4, 0.5) is 0 Å². The summed E-state index contributed by atoms with van der Waals surface area (Å²) in [6, 6.07) is 20.2. The Bertz CT molecular complexity index is 1100. The highest BCUT2D eigenvalue weighted by atomic mass is 32.2. The topological polar surface area (TPSA) is 34.1 Å². The Morgan fingerprint density at radius 3 is 1.71 bits per heavy atom. The van der Waals surface area contributed by atoms with Crippen LogP contribution in [0.3, 0.4) is 0 Å². The van der Waals surface area contributed by atoms with E-state index in [1.807, 2.05) is 42.5 Å². The van der Waals surface area contributed by atoms with E-state index >= 15 is 0 Å². The van der Waals surface area contributed by atoms with Gasteiger partial charge in [0.05, 0.1) is 0 Å². The minimum atomic E-state index is -0.0164. The van der Waals surface area contributed by atoms with E-state index in [9.17, 15) is 9.59 Å². The SMILES string of the molecule is C=C(C)C(=O)Sc1ccc(-c2ccc3cc(SC(=O)C(=C)C)ccc3c2)cc1. The van der Waals surface area contributed by atoms with Crippen LogP contribution in [0.2, 0.25) is 0 Å². The molecule has 0 spiro atoms. The Morgan fingerprint density at radius 2 is 1.11 bits per heavy atom. The normalized spacial score (nSPS) is 10.6. The largest absolute Gasteiger partial charge is 0.282 e. The molecule has 0 radical (unpaired) electrons. The summed E-state index contributed by atoms with van der Waals surface area (Å²) in [7, 11) is 0. The molecule has 0 saturated carbocycles. The van der Waals surface area contributed by atoms with Gasteiger partial charge in [-0.3, -0.25) is 9.59 Å². The number of carbonyl (C=O) groups is 2. The van der Waals surface area contributed by atoms with Crippen molar-refractivity contribution < 1.29 is 9.59 Å². The number of hydrogen-bond acceptors (Lipinski definition) is 4. The quantitative estimate of drug-likeness (QED) is 0.342. The van der Waals surface area contributed by atoms with Crippen molar-refractivity contribution in [1.29, 1.82) is 0 Å². The molecule has 0 aliphatic rings. The first-order valence-electron chi connectivity index (χ1n) is 8.73. The first-order chi connectivity index (χ1) is 13.3. The van der Waals surface area contributed by atoms with Crippen molar-refractivity contribution in [2.45, 2.75) is 23.6 Å². The summed E-state index contributed by atoms with van der Waals surface area (Å²) in [5.74, 6) is 0. The molecule has 0 aromatic heterocycles. The minimum absolute atomic E-state index is 0.0148. The molecule has 3 aromatic rings. The number of thioether (sulfide) groups is 2. The van der Waals surface area contributed by atoms with Crippen molar-refractivity contribution in [2.24, 2.45) is 0 Å². The summed E-state index contributed by atoms with van der Waals surface area (Å²) in [6.45, 7) is 10.8. The number of fused-ring (bicyclic) bond motifs is 1. The second-order valence-corrected chi connectivity index (χ2v) is 8.68. The molecule has 0 aliphatic carbocycles. The standard InChI is InChI=1S/C24H20O2S2/c1-15(2)23(25)27-21-10-7-17(8-11-21)18-5-6-20-14-22(12-9-19(20)13-18)28-24(26)16(3)4/h5-14H,1,3H2,2,4H3. The third kappa shape index (κ3) is 4.83. The van der Waals surface area contributed by atoms with Gasteiger partial charge in [-0.25, -0.2) is 0 Å². The van der Waals surface area contributed by atoms with E-state index in [4.69, 9.17) is 0 Å². The van der Waals surface area contributed by atoms with Crippen molar-refractivity contribution in [3.05, 3.63) is 85.0 Å². The van der Waals surface area contributed by atoms with E-state index in [2.05, 4.69) is 31.4 Å². The molecule has 0 aliphatic heterocycles. The first-order valence-corrected chi connectivity index (χ1v) is 10.4. The molecule has 0 atom stereocenters. The molecule has 3 rings (SSSR count). The summed E-state index contributed by atoms with van der Waals surface area (Å²) in [5, 5.41) is 2.17. The third-order valence-corrected chi connectivity index (χ3v) is 6.18. The smallest absolute Gasteiger partial charge is 0.219 e. The summed E-state index contributed by atoms with van der Waals surface area (Å²) < 4.78 is 0.